The molecule has 1 unspecified atom stereocenters. The molecule has 1 aliphatic rings. The molecule has 0 aliphatic carbocycles. The predicted octanol–water partition coefficient (Wildman–Crippen LogP) is 3.17. The largest absolute Gasteiger partial charge is 0.494 e. The third-order valence-electron chi connectivity index (χ3n) is 6.02. The van der Waals surface area contributed by atoms with Crippen LogP contribution in [-0.4, -0.2) is 47.7 Å². The lowest BCUT2D eigenvalue weighted by Gasteiger charge is -2.41. The number of nitriles is 1. The summed E-state index contributed by atoms with van der Waals surface area (Å²) >= 11 is 0. The lowest BCUT2D eigenvalue weighted by atomic mass is 9.94. The van der Waals surface area contributed by atoms with Gasteiger partial charge in [0.1, 0.15) is 6.54 Å². The third-order valence-corrected chi connectivity index (χ3v) is 7.18. The first-order chi connectivity index (χ1) is 17.6. The van der Waals surface area contributed by atoms with Crippen molar-refractivity contribution in [2.45, 2.75) is 17.1 Å². The Morgan fingerprint density at radius 1 is 1.21 bits per heavy atom. The van der Waals surface area contributed by atoms with Crippen molar-refractivity contribution < 1.29 is 36.3 Å². The summed E-state index contributed by atoms with van der Waals surface area (Å²) in [5.74, 6) is -1.44. The number of nitrogens with two attached hydrogens (primary N) is 1. The average Bonchev–Trinajstić information content (AvgIpc) is 3.11. The third kappa shape index (κ3) is 4.52. The first kappa shape index (κ1) is 26.6. The molecule has 14 heteroatoms. The smallest absolute Gasteiger partial charge is 0.416 e. The monoisotopic (exact) mass is 547 g/mol. The molecule has 1 aliphatic heterocycles. The van der Waals surface area contributed by atoms with Crippen LogP contribution in [0.3, 0.4) is 0 Å². The van der Waals surface area contributed by atoms with Crippen molar-refractivity contribution in [2.75, 3.05) is 17.7 Å². The minimum absolute atomic E-state index is 0.000798. The zero-order valence-corrected chi connectivity index (χ0v) is 20.7. The number of halogens is 3. The van der Waals surface area contributed by atoms with Crippen molar-refractivity contribution in [3.63, 3.8) is 0 Å². The molecule has 38 heavy (non-hydrogen) atoms. The van der Waals surface area contributed by atoms with Crippen molar-refractivity contribution in [1.82, 2.24) is 9.47 Å². The van der Waals surface area contributed by atoms with Crippen LogP contribution >= 0.6 is 0 Å². The second-order valence-corrected chi connectivity index (χ2v) is 10.6. The molecule has 0 spiro atoms. The van der Waals surface area contributed by atoms with Gasteiger partial charge in [-0.15, -0.1) is 0 Å². The van der Waals surface area contributed by atoms with Crippen LogP contribution < -0.4 is 10.6 Å². The number of alkyl halides is 3. The Morgan fingerprint density at radius 3 is 2.47 bits per heavy atom. The van der Waals surface area contributed by atoms with E-state index in [1.807, 2.05) is 6.07 Å². The van der Waals surface area contributed by atoms with Gasteiger partial charge >= 0.3 is 12.2 Å². The molecule has 3 aromatic rings. The van der Waals surface area contributed by atoms with E-state index in [-0.39, 0.29) is 33.0 Å². The molecule has 1 atom stereocenters. The Hall–Kier alpha value is -4.51. The maximum atomic E-state index is 13.8. The number of aryl methyl sites for hydroxylation is 1. The van der Waals surface area contributed by atoms with Crippen LogP contribution in [0.15, 0.2) is 53.6 Å². The zero-order chi connectivity index (χ0) is 28.2. The van der Waals surface area contributed by atoms with Crippen LogP contribution in [0.4, 0.5) is 29.3 Å². The van der Waals surface area contributed by atoms with Crippen molar-refractivity contribution >= 4 is 33.2 Å². The van der Waals surface area contributed by atoms with Gasteiger partial charge in [0.25, 0.3) is 0 Å². The van der Waals surface area contributed by atoms with Crippen LogP contribution in [0.25, 0.3) is 0 Å². The second kappa shape index (κ2) is 9.10. The lowest BCUT2D eigenvalue weighted by molar-refractivity contribution is -0.137. The van der Waals surface area contributed by atoms with Crippen LogP contribution in [0.2, 0.25) is 0 Å². The quantitative estimate of drug-likeness (QED) is 0.501. The standard InChI is InChI=1S/C24H20F3N5O5S/c1-30-11-17-20(22(30)34)21(16-7-6-13(10-28)8-18(16)38(2,36)37)31(12-19(29)33)23(35)32(17)15-5-3-4-14(9-15)24(25,26)27/h3-9,11,21,34H,12H2,1-2H3,(H2,29,33). The summed E-state index contributed by atoms with van der Waals surface area (Å²) in [5.41, 5.74) is 4.00. The number of fused-ring (bicyclic) bond motifs is 1. The number of amides is 3. The highest BCUT2D eigenvalue weighted by atomic mass is 32.2. The summed E-state index contributed by atoms with van der Waals surface area (Å²) < 4.78 is 67.0. The SMILES string of the molecule is Cn1cc2c(c1O)C(c1ccc(C#N)cc1S(C)(=O)=O)N(CC(N)=O)C(=O)N2c1cccc(C(F)(F)F)c1. The molecule has 3 amide bonds. The molecule has 198 valence electrons. The molecule has 0 saturated heterocycles. The van der Waals surface area contributed by atoms with E-state index < -0.39 is 52.0 Å². The van der Waals surface area contributed by atoms with Gasteiger partial charge in [-0.2, -0.15) is 18.4 Å². The Balaban J connectivity index is 2.06. The Bertz CT molecular complexity index is 1620. The van der Waals surface area contributed by atoms with E-state index >= 15 is 0 Å². The molecule has 0 radical (unpaired) electrons. The van der Waals surface area contributed by atoms with Crippen LogP contribution in [0.1, 0.15) is 28.3 Å². The van der Waals surface area contributed by atoms with Gasteiger partial charge in [-0.05, 0) is 35.9 Å². The van der Waals surface area contributed by atoms with Crippen molar-refractivity contribution in [3.8, 4) is 11.9 Å². The van der Waals surface area contributed by atoms with E-state index in [1.165, 1.54) is 36.0 Å². The van der Waals surface area contributed by atoms with Gasteiger partial charge in [0.05, 0.1) is 45.1 Å². The van der Waals surface area contributed by atoms with Gasteiger partial charge in [0.15, 0.2) is 15.7 Å². The van der Waals surface area contributed by atoms with Crippen LogP contribution in [0, 0.1) is 11.3 Å². The summed E-state index contributed by atoms with van der Waals surface area (Å²) in [6.07, 6.45) is -2.54. The van der Waals surface area contributed by atoms with Gasteiger partial charge in [0.2, 0.25) is 5.91 Å². The number of primary amides is 1. The molecule has 4 rings (SSSR count). The van der Waals surface area contributed by atoms with Crippen molar-refractivity contribution in [2.24, 2.45) is 12.8 Å². The summed E-state index contributed by atoms with van der Waals surface area (Å²) in [7, 11) is -2.60. The molecular weight excluding hydrogens is 527 g/mol. The number of carbonyl (C=O) groups is 2. The normalized spacial score (nSPS) is 15.8. The molecular formula is C24H20F3N5O5S. The number of urea groups is 1. The number of aromatic hydroxyl groups is 1. The summed E-state index contributed by atoms with van der Waals surface area (Å²) in [6.45, 7) is -0.768. The highest BCUT2D eigenvalue weighted by molar-refractivity contribution is 7.90. The number of hydrogen-bond donors (Lipinski definition) is 2. The van der Waals surface area contributed by atoms with Crippen LogP contribution in [0.5, 0.6) is 5.88 Å². The van der Waals surface area contributed by atoms with E-state index in [2.05, 4.69) is 0 Å². The van der Waals surface area contributed by atoms with Gasteiger partial charge in [0, 0.05) is 19.5 Å². The fourth-order valence-electron chi connectivity index (χ4n) is 4.43. The van der Waals surface area contributed by atoms with E-state index in [0.717, 1.165) is 40.3 Å². The number of carbonyl (C=O) groups excluding carboxylic acids is 2. The number of aromatic nitrogens is 1. The number of anilines is 2. The molecule has 2 aromatic carbocycles. The van der Waals surface area contributed by atoms with Gasteiger partial charge in [-0.1, -0.05) is 12.1 Å². The molecule has 3 N–H and O–H groups in total. The number of benzene rings is 2. The highest BCUT2D eigenvalue weighted by Crippen LogP contribution is 2.50. The van der Waals surface area contributed by atoms with E-state index in [0.29, 0.717) is 0 Å². The Labute approximate surface area is 214 Å². The minimum Gasteiger partial charge on any atom is -0.494 e. The molecule has 0 saturated carbocycles. The topological polar surface area (TPSA) is 150 Å². The summed E-state index contributed by atoms with van der Waals surface area (Å²) in [6, 6.07) is 7.01. The average molecular weight is 548 g/mol. The number of sulfone groups is 1. The molecule has 1 aromatic heterocycles. The highest BCUT2D eigenvalue weighted by Gasteiger charge is 2.45. The van der Waals surface area contributed by atoms with Gasteiger partial charge < -0.3 is 20.3 Å². The molecule has 0 fully saturated rings. The molecule has 0 bridgehead atoms. The minimum atomic E-state index is -4.72. The maximum absolute atomic E-state index is 13.8. The van der Waals surface area contributed by atoms with Crippen molar-refractivity contribution in [1.29, 1.82) is 5.26 Å². The Kier molecular flexibility index (Phi) is 6.36. The summed E-state index contributed by atoms with van der Waals surface area (Å²) in [5, 5.41) is 20.3. The van der Waals surface area contributed by atoms with Gasteiger partial charge in [-0.3, -0.25) is 9.69 Å². The fraction of sp³-hybridized carbons (Fsp3) is 0.208. The number of rotatable bonds is 5. The number of nitrogens with zero attached hydrogens (tertiary/aromatic N) is 4. The predicted molar refractivity (Wildman–Crippen MR) is 128 cm³/mol. The second-order valence-electron chi connectivity index (χ2n) is 8.66. The zero-order valence-electron chi connectivity index (χ0n) is 19.9. The van der Waals surface area contributed by atoms with Gasteiger partial charge in [-0.25, -0.2) is 13.2 Å². The van der Waals surface area contributed by atoms with Crippen LogP contribution in [-0.2, 0) is 27.9 Å². The van der Waals surface area contributed by atoms with E-state index in [1.54, 1.807) is 0 Å². The molecule has 10 nitrogen and oxygen atoms in total. The van der Waals surface area contributed by atoms with E-state index in [9.17, 15) is 41.5 Å². The number of hydrogen-bond acceptors (Lipinski definition) is 6. The van der Waals surface area contributed by atoms with E-state index in [4.69, 9.17) is 5.73 Å². The van der Waals surface area contributed by atoms with Crippen molar-refractivity contribution in [3.05, 3.63) is 70.9 Å². The maximum Gasteiger partial charge on any atom is 0.416 e. The fourth-order valence-corrected chi connectivity index (χ4v) is 5.38. The Morgan fingerprint density at radius 2 is 1.89 bits per heavy atom. The molecule has 2 heterocycles. The lowest BCUT2D eigenvalue weighted by Crippen LogP contribution is -2.50. The first-order valence-corrected chi connectivity index (χ1v) is 12.7. The summed E-state index contributed by atoms with van der Waals surface area (Å²) in [4.78, 5) is 27.3. The first-order valence-electron chi connectivity index (χ1n) is 10.8.